The molecule has 1 heterocycles. The van der Waals surface area contributed by atoms with Crippen LogP contribution >= 0.6 is 12.2 Å². The number of carbonyl (C=O) groups excluding carboxylic acids is 1. The van der Waals surface area contributed by atoms with Crippen molar-refractivity contribution < 1.29 is 4.79 Å². The highest BCUT2D eigenvalue weighted by molar-refractivity contribution is 7.80. The first-order valence-electron chi connectivity index (χ1n) is 5.53. The van der Waals surface area contributed by atoms with Crippen LogP contribution in [0.1, 0.15) is 19.4 Å². The summed E-state index contributed by atoms with van der Waals surface area (Å²) < 4.78 is 0. The molecule has 1 amide bonds. The third-order valence-corrected chi connectivity index (χ3v) is 2.97. The molecule has 17 heavy (non-hydrogen) atoms. The van der Waals surface area contributed by atoms with E-state index in [0.29, 0.717) is 13.1 Å². The second kappa shape index (κ2) is 6.30. The smallest absolute Gasteiger partial charge is 0.232 e. The van der Waals surface area contributed by atoms with Crippen molar-refractivity contribution in [1.29, 1.82) is 0 Å². The molecule has 0 spiro atoms. The second-order valence-corrected chi connectivity index (χ2v) is 4.30. The lowest BCUT2D eigenvalue weighted by Gasteiger charge is -2.24. The Morgan fingerprint density at radius 2 is 2.12 bits per heavy atom. The SMILES string of the molecule is CCN(Cc1ccncc1)C(=O)C(C)C(N)=S. The maximum absolute atomic E-state index is 12.1. The van der Waals surface area contributed by atoms with Crippen molar-refractivity contribution in [3.05, 3.63) is 30.1 Å². The van der Waals surface area contributed by atoms with E-state index in [2.05, 4.69) is 4.98 Å². The van der Waals surface area contributed by atoms with Crippen LogP contribution in [-0.4, -0.2) is 27.3 Å². The van der Waals surface area contributed by atoms with Crippen LogP contribution in [0.4, 0.5) is 0 Å². The van der Waals surface area contributed by atoms with Gasteiger partial charge in [0.25, 0.3) is 0 Å². The molecule has 0 fully saturated rings. The standard InChI is InChI=1S/C12H17N3OS/c1-3-15(12(16)9(2)11(13)17)8-10-4-6-14-7-5-10/h4-7,9H,3,8H2,1-2H3,(H2,13,17). The van der Waals surface area contributed by atoms with Crippen LogP contribution in [0, 0.1) is 5.92 Å². The zero-order valence-corrected chi connectivity index (χ0v) is 10.9. The highest BCUT2D eigenvalue weighted by Crippen LogP contribution is 2.08. The molecule has 0 radical (unpaired) electrons. The van der Waals surface area contributed by atoms with Crippen LogP contribution in [0.25, 0.3) is 0 Å². The predicted molar refractivity (Wildman–Crippen MR) is 71.3 cm³/mol. The van der Waals surface area contributed by atoms with Crippen molar-refractivity contribution in [2.75, 3.05) is 6.54 Å². The summed E-state index contributed by atoms with van der Waals surface area (Å²) in [5.41, 5.74) is 6.54. The zero-order valence-electron chi connectivity index (χ0n) is 10.1. The second-order valence-electron chi connectivity index (χ2n) is 3.83. The van der Waals surface area contributed by atoms with E-state index in [1.54, 1.807) is 24.2 Å². The van der Waals surface area contributed by atoms with Gasteiger partial charge in [0.05, 0.1) is 10.9 Å². The lowest BCUT2D eigenvalue weighted by molar-refractivity contribution is -0.133. The predicted octanol–water partition coefficient (Wildman–Crippen LogP) is 1.35. The lowest BCUT2D eigenvalue weighted by Crippen LogP contribution is -2.39. The third-order valence-electron chi connectivity index (χ3n) is 2.61. The number of nitrogens with two attached hydrogens (primary N) is 1. The number of nitrogens with zero attached hydrogens (tertiary/aromatic N) is 2. The Labute approximate surface area is 107 Å². The summed E-state index contributed by atoms with van der Waals surface area (Å²) in [7, 11) is 0. The molecule has 92 valence electrons. The number of pyridine rings is 1. The Morgan fingerprint density at radius 3 is 2.59 bits per heavy atom. The minimum Gasteiger partial charge on any atom is -0.393 e. The summed E-state index contributed by atoms with van der Waals surface area (Å²) in [5, 5.41) is 0. The quantitative estimate of drug-likeness (QED) is 0.803. The molecule has 0 aliphatic carbocycles. The molecule has 0 saturated heterocycles. The Morgan fingerprint density at radius 1 is 1.53 bits per heavy atom. The van der Waals surface area contributed by atoms with Gasteiger partial charge in [-0.1, -0.05) is 12.2 Å². The Kier molecular flexibility index (Phi) is 5.03. The average molecular weight is 251 g/mol. The normalized spacial score (nSPS) is 11.9. The Balaban J connectivity index is 2.72. The van der Waals surface area contributed by atoms with Crippen LogP contribution in [0.5, 0.6) is 0 Å². The summed E-state index contributed by atoms with van der Waals surface area (Å²) in [6.45, 7) is 4.87. The van der Waals surface area contributed by atoms with E-state index in [9.17, 15) is 4.79 Å². The van der Waals surface area contributed by atoms with Gasteiger partial charge >= 0.3 is 0 Å². The van der Waals surface area contributed by atoms with Crippen molar-refractivity contribution in [2.45, 2.75) is 20.4 Å². The van der Waals surface area contributed by atoms with Crippen molar-refractivity contribution in [2.24, 2.45) is 11.7 Å². The van der Waals surface area contributed by atoms with Gasteiger partial charge in [-0.05, 0) is 31.5 Å². The van der Waals surface area contributed by atoms with E-state index in [1.807, 2.05) is 19.1 Å². The van der Waals surface area contributed by atoms with Gasteiger partial charge in [0, 0.05) is 25.5 Å². The third kappa shape index (κ3) is 3.78. The molecule has 1 aromatic heterocycles. The summed E-state index contributed by atoms with van der Waals surface area (Å²) in [6.07, 6.45) is 3.43. The summed E-state index contributed by atoms with van der Waals surface area (Å²) >= 11 is 4.85. The summed E-state index contributed by atoms with van der Waals surface area (Å²) in [6, 6.07) is 3.78. The summed E-state index contributed by atoms with van der Waals surface area (Å²) in [4.78, 5) is 18.0. The molecule has 0 saturated carbocycles. The van der Waals surface area contributed by atoms with Crippen LogP contribution < -0.4 is 5.73 Å². The first-order chi connectivity index (χ1) is 8.06. The zero-order chi connectivity index (χ0) is 12.8. The summed E-state index contributed by atoms with van der Waals surface area (Å²) in [5.74, 6) is -0.441. The number of hydrogen-bond acceptors (Lipinski definition) is 3. The van der Waals surface area contributed by atoms with Gasteiger partial charge in [-0.3, -0.25) is 9.78 Å². The van der Waals surface area contributed by atoms with Gasteiger partial charge in [-0.25, -0.2) is 0 Å². The fourth-order valence-electron chi connectivity index (χ4n) is 1.45. The molecular weight excluding hydrogens is 234 g/mol. The number of carbonyl (C=O) groups is 1. The van der Waals surface area contributed by atoms with E-state index in [1.165, 1.54) is 0 Å². The molecule has 1 rings (SSSR count). The number of hydrogen-bond donors (Lipinski definition) is 1. The van der Waals surface area contributed by atoms with Gasteiger partial charge in [0.15, 0.2) is 0 Å². The fraction of sp³-hybridized carbons (Fsp3) is 0.417. The molecule has 4 nitrogen and oxygen atoms in total. The first kappa shape index (κ1) is 13.6. The monoisotopic (exact) mass is 251 g/mol. The van der Waals surface area contributed by atoms with Crippen LogP contribution in [0.2, 0.25) is 0 Å². The van der Waals surface area contributed by atoms with E-state index in [-0.39, 0.29) is 10.9 Å². The molecule has 2 N–H and O–H groups in total. The van der Waals surface area contributed by atoms with Gasteiger partial charge in [0.2, 0.25) is 5.91 Å². The minimum absolute atomic E-state index is 0.0307. The molecular formula is C12H17N3OS. The maximum atomic E-state index is 12.1. The van der Waals surface area contributed by atoms with E-state index >= 15 is 0 Å². The molecule has 0 aromatic carbocycles. The number of amides is 1. The highest BCUT2D eigenvalue weighted by atomic mass is 32.1. The maximum Gasteiger partial charge on any atom is 0.232 e. The van der Waals surface area contributed by atoms with Crippen LogP contribution in [-0.2, 0) is 11.3 Å². The molecule has 1 atom stereocenters. The van der Waals surface area contributed by atoms with E-state index in [4.69, 9.17) is 18.0 Å². The lowest BCUT2D eigenvalue weighted by atomic mass is 10.1. The van der Waals surface area contributed by atoms with Gasteiger partial charge < -0.3 is 10.6 Å². The molecule has 1 aromatic rings. The van der Waals surface area contributed by atoms with Gasteiger partial charge in [0.1, 0.15) is 0 Å². The van der Waals surface area contributed by atoms with Crippen molar-refractivity contribution >= 4 is 23.1 Å². The van der Waals surface area contributed by atoms with Gasteiger partial charge in [-0.15, -0.1) is 0 Å². The number of aromatic nitrogens is 1. The average Bonchev–Trinajstić information content (AvgIpc) is 2.35. The fourth-order valence-corrected chi connectivity index (χ4v) is 1.55. The molecule has 5 heteroatoms. The van der Waals surface area contributed by atoms with E-state index < -0.39 is 5.92 Å². The first-order valence-corrected chi connectivity index (χ1v) is 5.94. The van der Waals surface area contributed by atoms with Crippen molar-refractivity contribution in [3.8, 4) is 0 Å². The van der Waals surface area contributed by atoms with E-state index in [0.717, 1.165) is 5.56 Å². The van der Waals surface area contributed by atoms with Crippen LogP contribution in [0.15, 0.2) is 24.5 Å². The molecule has 0 aliphatic rings. The van der Waals surface area contributed by atoms with Crippen molar-refractivity contribution in [1.82, 2.24) is 9.88 Å². The van der Waals surface area contributed by atoms with Crippen LogP contribution in [0.3, 0.4) is 0 Å². The molecule has 0 bridgehead atoms. The largest absolute Gasteiger partial charge is 0.393 e. The van der Waals surface area contributed by atoms with Gasteiger partial charge in [-0.2, -0.15) is 0 Å². The number of rotatable bonds is 5. The van der Waals surface area contributed by atoms with Crippen molar-refractivity contribution in [3.63, 3.8) is 0 Å². The topological polar surface area (TPSA) is 59.2 Å². The highest BCUT2D eigenvalue weighted by Gasteiger charge is 2.21. The number of thiocarbonyl (C=S) groups is 1. The Hall–Kier alpha value is -1.49. The Bertz CT molecular complexity index is 394. The minimum atomic E-state index is -0.410. The molecule has 1 unspecified atom stereocenters. The molecule has 0 aliphatic heterocycles.